The molecule has 212 valence electrons. The summed E-state index contributed by atoms with van der Waals surface area (Å²) in [7, 11) is 0. The van der Waals surface area contributed by atoms with Crippen molar-refractivity contribution in [3.63, 3.8) is 0 Å². The molecule has 8 nitrogen and oxygen atoms in total. The Hall–Kier alpha value is -3.88. The lowest BCUT2D eigenvalue weighted by Gasteiger charge is -2.50. The van der Waals surface area contributed by atoms with Crippen molar-refractivity contribution in [1.82, 2.24) is 24.3 Å². The molecule has 41 heavy (non-hydrogen) atoms. The SMILES string of the molecule is O=C(O)c1c(C(c2ncccn2)(N2CCCCCC2)N2CCCCCC2)n(-c2ccccc2)c(=O)c2ccccc12. The highest BCUT2D eigenvalue weighted by Crippen LogP contribution is 2.43. The number of likely N-dealkylation sites (tertiary alicyclic amines) is 2. The number of rotatable bonds is 6. The molecule has 2 aromatic carbocycles. The van der Waals surface area contributed by atoms with Crippen molar-refractivity contribution >= 4 is 16.7 Å². The van der Waals surface area contributed by atoms with E-state index in [2.05, 4.69) is 9.80 Å². The highest BCUT2D eigenvalue weighted by Gasteiger charge is 2.52. The van der Waals surface area contributed by atoms with Crippen LogP contribution in [0.4, 0.5) is 0 Å². The standard InChI is InChI=1S/C33H37N5O3/c39-30-27-18-9-8-17-26(27)28(31(40)41)29(38(30)25-15-6-5-7-16-25)33(32-34-19-14-20-35-32,36-21-10-1-2-11-22-36)37-23-12-3-4-13-24-37/h5-9,14-20H,1-4,10-13,21-24H2,(H,40,41). The van der Waals surface area contributed by atoms with Crippen LogP contribution in [0.5, 0.6) is 0 Å². The Morgan fingerprint density at radius 2 is 1.20 bits per heavy atom. The van der Waals surface area contributed by atoms with Crippen LogP contribution in [0.25, 0.3) is 16.5 Å². The van der Waals surface area contributed by atoms with Gasteiger partial charge in [-0.15, -0.1) is 0 Å². The Morgan fingerprint density at radius 1 is 0.683 bits per heavy atom. The monoisotopic (exact) mass is 551 g/mol. The van der Waals surface area contributed by atoms with Gasteiger partial charge < -0.3 is 5.11 Å². The minimum Gasteiger partial charge on any atom is -0.478 e. The van der Waals surface area contributed by atoms with E-state index in [1.165, 1.54) is 0 Å². The summed E-state index contributed by atoms with van der Waals surface area (Å²) >= 11 is 0. The summed E-state index contributed by atoms with van der Waals surface area (Å²) in [6, 6.07) is 18.3. The van der Waals surface area contributed by atoms with Gasteiger partial charge in [-0.3, -0.25) is 19.2 Å². The van der Waals surface area contributed by atoms with E-state index in [-0.39, 0.29) is 11.1 Å². The first-order chi connectivity index (χ1) is 20.1. The number of aromatic nitrogens is 3. The third-order valence-corrected chi connectivity index (χ3v) is 8.65. The minimum absolute atomic E-state index is 0.130. The summed E-state index contributed by atoms with van der Waals surface area (Å²) in [5.41, 5.74) is -0.217. The minimum atomic E-state index is -1.16. The van der Waals surface area contributed by atoms with Gasteiger partial charge in [0.2, 0.25) is 0 Å². The van der Waals surface area contributed by atoms with Crippen molar-refractivity contribution < 1.29 is 9.90 Å². The number of pyridine rings is 1. The van der Waals surface area contributed by atoms with Gasteiger partial charge in [0.15, 0.2) is 11.5 Å². The van der Waals surface area contributed by atoms with Crippen LogP contribution < -0.4 is 5.56 Å². The van der Waals surface area contributed by atoms with Crippen LogP contribution in [-0.2, 0) is 5.66 Å². The summed E-state index contributed by atoms with van der Waals surface area (Å²) < 4.78 is 1.65. The van der Waals surface area contributed by atoms with Gasteiger partial charge in [-0.05, 0) is 49.9 Å². The fourth-order valence-corrected chi connectivity index (χ4v) is 6.88. The number of benzene rings is 2. The molecule has 2 aliphatic rings. The molecule has 0 amide bonds. The van der Waals surface area contributed by atoms with Crippen molar-refractivity contribution in [3.8, 4) is 5.69 Å². The number of hydrogen-bond donors (Lipinski definition) is 1. The summed E-state index contributed by atoms with van der Waals surface area (Å²) in [4.78, 5) is 42.6. The number of para-hydroxylation sites is 1. The maximum Gasteiger partial charge on any atom is 0.338 e. The molecule has 2 fully saturated rings. The van der Waals surface area contributed by atoms with Crippen LogP contribution in [0.1, 0.15) is 73.2 Å². The average molecular weight is 552 g/mol. The molecular formula is C33H37N5O3. The molecular weight excluding hydrogens is 514 g/mol. The van der Waals surface area contributed by atoms with Gasteiger partial charge >= 0.3 is 5.97 Å². The summed E-state index contributed by atoms with van der Waals surface area (Å²) in [5, 5.41) is 11.9. The van der Waals surface area contributed by atoms with Crippen molar-refractivity contribution in [2.24, 2.45) is 0 Å². The molecule has 0 saturated carbocycles. The van der Waals surface area contributed by atoms with Gasteiger partial charge in [0.1, 0.15) is 0 Å². The Labute approximate surface area is 240 Å². The van der Waals surface area contributed by atoms with Gasteiger partial charge in [-0.25, -0.2) is 14.8 Å². The Kier molecular flexibility index (Phi) is 7.94. The van der Waals surface area contributed by atoms with Crippen LogP contribution in [0.2, 0.25) is 0 Å². The number of nitrogens with zero attached hydrogens (tertiary/aromatic N) is 5. The third-order valence-electron chi connectivity index (χ3n) is 8.65. The molecule has 1 N–H and O–H groups in total. The zero-order valence-corrected chi connectivity index (χ0v) is 23.4. The van der Waals surface area contributed by atoms with Crippen molar-refractivity contribution in [3.05, 3.63) is 100 Å². The van der Waals surface area contributed by atoms with Crippen molar-refractivity contribution in [2.45, 2.75) is 57.0 Å². The molecule has 0 atom stereocenters. The molecule has 4 aromatic rings. The topological polar surface area (TPSA) is 91.6 Å². The summed E-state index contributed by atoms with van der Waals surface area (Å²) in [6.07, 6.45) is 11.8. The maximum absolute atomic E-state index is 14.6. The lowest BCUT2D eigenvalue weighted by atomic mass is 9.89. The highest BCUT2D eigenvalue weighted by atomic mass is 16.4. The largest absolute Gasteiger partial charge is 0.478 e. The zero-order valence-electron chi connectivity index (χ0n) is 23.4. The maximum atomic E-state index is 14.6. The number of carboxylic acid groups (broad SMARTS) is 1. The predicted octanol–water partition coefficient (Wildman–Crippen LogP) is 5.43. The normalized spacial score (nSPS) is 17.7. The van der Waals surface area contributed by atoms with Crippen LogP contribution in [-0.4, -0.2) is 61.6 Å². The van der Waals surface area contributed by atoms with E-state index in [4.69, 9.17) is 9.97 Å². The first kappa shape index (κ1) is 27.3. The van der Waals surface area contributed by atoms with E-state index in [9.17, 15) is 14.7 Å². The van der Waals surface area contributed by atoms with Gasteiger partial charge in [0, 0.05) is 55.0 Å². The number of carboxylic acids is 1. The van der Waals surface area contributed by atoms with E-state index < -0.39 is 11.6 Å². The predicted molar refractivity (Wildman–Crippen MR) is 159 cm³/mol. The molecule has 4 heterocycles. The van der Waals surface area contributed by atoms with Crippen molar-refractivity contribution in [1.29, 1.82) is 0 Å². The smallest absolute Gasteiger partial charge is 0.338 e. The number of fused-ring (bicyclic) bond motifs is 1. The fraction of sp³-hybridized carbons (Fsp3) is 0.394. The van der Waals surface area contributed by atoms with Crippen LogP contribution in [0, 0.1) is 0 Å². The second kappa shape index (κ2) is 11.9. The van der Waals surface area contributed by atoms with Crippen LogP contribution in [0.15, 0.2) is 77.9 Å². The van der Waals surface area contributed by atoms with E-state index in [0.29, 0.717) is 28.0 Å². The van der Waals surface area contributed by atoms with Crippen molar-refractivity contribution in [2.75, 3.05) is 26.2 Å². The fourth-order valence-electron chi connectivity index (χ4n) is 6.88. The Balaban J connectivity index is 1.84. The Morgan fingerprint density at radius 3 is 1.73 bits per heavy atom. The molecule has 8 heteroatoms. The number of aromatic carboxylic acids is 1. The summed E-state index contributed by atoms with van der Waals surface area (Å²) in [5.74, 6) is -0.545. The molecule has 0 unspecified atom stereocenters. The quantitative estimate of drug-likeness (QED) is 0.342. The van der Waals surface area contributed by atoms with Gasteiger partial charge in [0.05, 0.1) is 11.3 Å². The van der Waals surface area contributed by atoms with Gasteiger partial charge in [0.25, 0.3) is 5.56 Å². The Bertz CT molecular complexity index is 1530. The molecule has 2 saturated heterocycles. The number of hydrogen-bond acceptors (Lipinski definition) is 6. The summed E-state index contributed by atoms with van der Waals surface area (Å²) in [6.45, 7) is 3.01. The molecule has 2 aromatic heterocycles. The zero-order chi connectivity index (χ0) is 28.2. The lowest BCUT2D eigenvalue weighted by Crippen LogP contribution is -2.62. The first-order valence-corrected chi connectivity index (χ1v) is 14.9. The number of carbonyl (C=O) groups is 1. The van der Waals surface area contributed by atoms with E-state index in [1.807, 2.05) is 36.4 Å². The molecule has 0 aliphatic carbocycles. The molecule has 0 radical (unpaired) electrons. The molecule has 2 aliphatic heterocycles. The molecule has 0 spiro atoms. The highest BCUT2D eigenvalue weighted by molar-refractivity contribution is 6.05. The van der Waals surface area contributed by atoms with E-state index in [0.717, 1.165) is 77.5 Å². The second-order valence-electron chi connectivity index (χ2n) is 11.1. The lowest BCUT2D eigenvalue weighted by molar-refractivity contribution is -0.0428. The van der Waals surface area contributed by atoms with E-state index >= 15 is 0 Å². The van der Waals surface area contributed by atoms with E-state index in [1.54, 1.807) is 41.2 Å². The van der Waals surface area contributed by atoms with Crippen LogP contribution in [0.3, 0.4) is 0 Å². The third kappa shape index (κ3) is 4.85. The molecule has 0 bridgehead atoms. The van der Waals surface area contributed by atoms with Gasteiger partial charge in [-0.1, -0.05) is 62.1 Å². The second-order valence-corrected chi connectivity index (χ2v) is 11.1. The van der Waals surface area contributed by atoms with Gasteiger partial charge in [-0.2, -0.15) is 0 Å². The molecule has 6 rings (SSSR count). The van der Waals surface area contributed by atoms with Crippen LogP contribution >= 0.6 is 0 Å². The average Bonchev–Trinajstić information content (AvgIpc) is 3.46. The first-order valence-electron chi connectivity index (χ1n) is 14.9.